The molecule has 124 valence electrons. The molecule has 3 N–H and O–H groups in total. The Morgan fingerprint density at radius 1 is 1.25 bits per heavy atom. The van der Waals surface area contributed by atoms with Gasteiger partial charge in [-0.3, -0.25) is 14.2 Å². The normalized spacial score (nSPS) is 11.2. The molecule has 0 aliphatic rings. The van der Waals surface area contributed by atoms with Crippen LogP contribution in [0.1, 0.15) is 30.4 Å². The van der Waals surface area contributed by atoms with E-state index in [0.717, 1.165) is 16.8 Å². The van der Waals surface area contributed by atoms with Crippen molar-refractivity contribution in [3.05, 3.63) is 54.5 Å². The van der Waals surface area contributed by atoms with Gasteiger partial charge >= 0.3 is 0 Å². The number of nitrogens with two attached hydrogens (primary N) is 1. The molecule has 0 saturated heterocycles. The van der Waals surface area contributed by atoms with E-state index < -0.39 is 12.4 Å². The molecule has 0 saturated carbocycles. The maximum Gasteiger partial charge on any atom is 0.207 e. The van der Waals surface area contributed by atoms with E-state index in [1.165, 1.54) is 4.68 Å². The van der Waals surface area contributed by atoms with E-state index in [9.17, 15) is 9.90 Å². The Bertz CT molecular complexity index is 863. The molecule has 1 aromatic carbocycles. The van der Waals surface area contributed by atoms with Crippen LogP contribution < -0.4 is 5.84 Å². The summed E-state index contributed by atoms with van der Waals surface area (Å²) in [6.45, 7) is 3.49. The van der Waals surface area contributed by atoms with Crippen LogP contribution >= 0.6 is 0 Å². The lowest BCUT2D eigenvalue weighted by Crippen LogP contribution is -2.18. The molecule has 24 heavy (non-hydrogen) atoms. The number of nitrogens with zero attached hydrogens (tertiary/aromatic N) is 3. The van der Waals surface area contributed by atoms with Gasteiger partial charge in [0.05, 0.1) is 5.69 Å². The molecule has 2 aromatic heterocycles. The van der Waals surface area contributed by atoms with Gasteiger partial charge in [0, 0.05) is 29.6 Å². The van der Waals surface area contributed by atoms with Crippen LogP contribution in [0, 0.1) is 0 Å². The Morgan fingerprint density at radius 2 is 1.96 bits per heavy atom. The van der Waals surface area contributed by atoms with E-state index in [-0.39, 0.29) is 11.7 Å². The van der Waals surface area contributed by atoms with E-state index >= 15 is 0 Å². The summed E-state index contributed by atoms with van der Waals surface area (Å²) in [5.74, 6) is 5.59. The maximum atomic E-state index is 12.2. The first-order valence-corrected chi connectivity index (χ1v) is 7.78. The van der Waals surface area contributed by atoms with E-state index in [1.54, 1.807) is 6.20 Å². The lowest BCUT2D eigenvalue weighted by molar-refractivity contribution is 0.0897. The van der Waals surface area contributed by atoms with Gasteiger partial charge in [-0.15, -0.1) is 0 Å². The van der Waals surface area contributed by atoms with Crippen molar-refractivity contribution in [1.82, 2.24) is 14.5 Å². The second-order valence-corrected chi connectivity index (χ2v) is 5.90. The third-order valence-corrected chi connectivity index (χ3v) is 3.92. The molecule has 0 radical (unpaired) electrons. The number of hydrogen-bond donors (Lipinski definition) is 2. The molecule has 6 heteroatoms. The summed E-state index contributed by atoms with van der Waals surface area (Å²) < 4.78 is 3.12. The highest BCUT2D eigenvalue weighted by Crippen LogP contribution is 2.35. The Kier molecular flexibility index (Phi) is 4.22. The standard InChI is InChI=1S/C18H20N4O2/c1-12(2)22-9-8-15(20-22)14-10-21(19)18(16(24)11-23)17(14)13-6-4-3-5-7-13/h3-10,12,23H,11,19H2,1-2H3. The summed E-state index contributed by atoms with van der Waals surface area (Å²) >= 11 is 0. The Morgan fingerprint density at radius 3 is 2.54 bits per heavy atom. The predicted molar refractivity (Wildman–Crippen MR) is 93.0 cm³/mol. The number of hydrogen-bond acceptors (Lipinski definition) is 4. The third kappa shape index (κ3) is 2.72. The fourth-order valence-corrected chi connectivity index (χ4v) is 2.74. The fourth-order valence-electron chi connectivity index (χ4n) is 2.74. The smallest absolute Gasteiger partial charge is 0.207 e. The topological polar surface area (TPSA) is 86.1 Å². The molecule has 0 unspecified atom stereocenters. The van der Waals surface area contributed by atoms with Crippen molar-refractivity contribution in [3.8, 4) is 22.4 Å². The highest BCUT2D eigenvalue weighted by Gasteiger charge is 2.23. The third-order valence-electron chi connectivity index (χ3n) is 3.92. The Labute approximate surface area is 140 Å². The van der Waals surface area contributed by atoms with Crippen LogP contribution in [0.2, 0.25) is 0 Å². The van der Waals surface area contributed by atoms with Gasteiger partial charge in [0.1, 0.15) is 12.3 Å². The molecule has 0 fully saturated rings. The van der Waals surface area contributed by atoms with Crippen molar-refractivity contribution >= 4 is 5.78 Å². The number of aliphatic hydroxyl groups excluding tert-OH is 1. The molecule has 3 rings (SSSR count). The van der Waals surface area contributed by atoms with E-state index in [0.29, 0.717) is 5.56 Å². The van der Waals surface area contributed by atoms with Crippen molar-refractivity contribution in [2.45, 2.75) is 19.9 Å². The molecular formula is C18H20N4O2. The predicted octanol–water partition coefficient (Wildman–Crippen LogP) is 2.49. The molecule has 0 amide bonds. The summed E-state index contributed by atoms with van der Waals surface area (Å²) in [6, 6.07) is 11.6. The van der Waals surface area contributed by atoms with Gasteiger partial charge in [-0.05, 0) is 25.5 Å². The van der Waals surface area contributed by atoms with Crippen LogP contribution in [0.3, 0.4) is 0 Å². The van der Waals surface area contributed by atoms with Crippen molar-refractivity contribution in [2.75, 3.05) is 12.4 Å². The van der Waals surface area contributed by atoms with Crippen molar-refractivity contribution in [1.29, 1.82) is 0 Å². The summed E-state index contributed by atoms with van der Waals surface area (Å²) in [5, 5.41) is 13.9. The average Bonchev–Trinajstić information content (AvgIpc) is 3.19. The highest BCUT2D eigenvalue weighted by molar-refractivity contribution is 6.05. The van der Waals surface area contributed by atoms with Gasteiger partial charge in [0.25, 0.3) is 0 Å². The van der Waals surface area contributed by atoms with E-state index in [4.69, 9.17) is 5.84 Å². The molecule has 2 heterocycles. The lowest BCUT2D eigenvalue weighted by Gasteiger charge is -2.07. The van der Waals surface area contributed by atoms with Crippen LogP contribution in [0.15, 0.2) is 48.8 Å². The van der Waals surface area contributed by atoms with Gasteiger partial charge in [-0.2, -0.15) is 5.10 Å². The molecule has 6 nitrogen and oxygen atoms in total. The van der Waals surface area contributed by atoms with Crippen LogP contribution in [0.25, 0.3) is 22.4 Å². The number of aliphatic hydroxyl groups is 1. The maximum absolute atomic E-state index is 12.2. The minimum Gasteiger partial charge on any atom is -0.388 e. The van der Waals surface area contributed by atoms with Gasteiger partial charge in [0.15, 0.2) is 0 Å². The number of rotatable bonds is 5. The molecule has 0 spiro atoms. The molecular weight excluding hydrogens is 304 g/mol. The summed E-state index contributed by atoms with van der Waals surface area (Å²) in [7, 11) is 0. The quantitative estimate of drug-likeness (QED) is 0.558. The lowest BCUT2D eigenvalue weighted by atomic mass is 9.98. The number of aromatic nitrogens is 3. The number of Topliss-reactive ketones (excluding diaryl/α,β-unsaturated/α-hetero) is 1. The van der Waals surface area contributed by atoms with Crippen LogP contribution in [0.4, 0.5) is 0 Å². The largest absolute Gasteiger partial charge is 0.388 e. The number of nitrogen functional groups attached to an aromatic ring is 1. The molecule has 0 atom stereocenters. The summed E-state index contributed by atoms with van der Waals surface area (Å²) in [5.41, 5.74) is 3.31. The average molecular weight is 324 g/mol. The van der Waals surface area contributed by atoms with Crippen molar-refractivity contribution in [2.24, 2.45) is 0 Å². The minimum absolute atomic E-state index is 0.234. The number of benzene rings is 1. The first kappa shape index (κ1) is 16.0. The second kappa shape index (κ2) is 6.33. The molecule has 0 aliphatic carbocycles. The number of carbonyl (C=O) groups is 1. The van der Waals surface area contributed by atoms with E-state index in [1.807, 2.05) is 61.1 Å². The van der Waals surface area contributed by atoms with Crippen LogP contribution in [-0.4, -0.2) is 32.0 Å². The zero-order valence-corrected chi connectivity index (χ0v) is 13.7. The number of carbonyl (C=O) groups excluding carboxylic acids is 1. The van der Waals surface area contributed by atoms with Crippen molar-refractivity contribution in [3.63, 3.8) is 0 Å². The van der Waals surface area contributed by atoms with Gasteiger partial charge < -0.3 is 10.9 Å². The Hall–Kier alpha value is -2.86. The zero-order valence-electron chi connectivity index (χ0n) is 13.7. The minimum atomic E-state index is -0.596. The molecule has 3 aromatic rings. The SMILES string of the molecule is CC(C)n1ccc(-c2cn(N)c(C(=O)CO)c2-c2ccccc2)n1. The summed E-state index contributed by atoms with van der Waals surface area (Å²) in [6.07, 6.45) is 3.58. The van der Waals surface area contributed by atoms with Gasteiger partial charge in [0.2, 0.25) is 5.78 Å². The van der Waals surface area contributed by atoms with E-state index in [2.05, 4.69) is 5.10 Å². The monoisotopic (exact) mass is 324 g/mol. The number of ketones is 1. The molecule has 0 aliphatic heterocycles. The molecule has 0 bridgehead atoms. The van der Waals surface area contributed by atoms with Crippen LogP contribution in [-0.2, 0) is 0 Å². The first-order chi connectivity index (χ1) is 11.5. The van der Waals surface area contributed by atoms with Gasteiger partial charge in [-0.25, -0.2) is 0 Å². The second-order valence-electron chi connectivity index (χ2n) is 5.90. The first-order valence-electron chi connectivity index (χ1n) is 7.78. The van der Waals surface area contributed by atoms with Gasteiger partial charge in [-0.1, -0.05) is 30.3 Å². The Balaban J connectivity index is 2.24. The zero-order chi connectivity index (χ0) is 17.3. The van der Waals surface area contributed by atoms with Crippen LogP contribution in [0.5, 0.6) is 0 Å². The summed E-state index contributed by atoms with van der Waals surface area (Å²) in [4.78, 5) is 12.2. The fraction of sp³-hybridized carbons (Fsp3) is 0.222. The van der Waals surface area contributed by atoms with Crippen molar-refractivity contribution < 1.29 is 9.90 Å². The highest BCUT2D eigenvalue weighted by atomic mass is 16.3.